The molecular weight excluding hydrogens is 412 g/mol. The van der Waals surface area contributed by atoms with Gasteiger partial charge in [0.05, 0.1) is 19.0 Å². The van der Waals surface area contributed by atoms with Crippen LogP contribution in [0.4, 0.5) is 5.69 Å². The summed E-state index contributed by atoms with van der Waals surface area (Å²) >= 11 is 4.85. The van der Waals surface area contributed by atoms with Crippen LogP contribution in [0.2, 0.25) is 0 Å². The number of pyridine rings is 1. The predicted octanol–water partition coefficient (Wildman–Crippen LogP) is 4.38. The summed E-state index contributed by atoms with van der Waals surface area (Å²) in [5.74, 6) is 0.271. The molecule has 0 aliphatic carbocycles. The summed E-state index contributed by atoms with van der Waals surface area (Å²) in [7, 11) is -2.37. The molecule has 3 rings (SSSR count). The molecule has 0 spiro atoms. The van der Waals surface area contributed by atoms with E-state index in [9.17, 15) is 8.42 Å². The van der Waals surface area contributed by atoms with E-state index < -0.39 is 10.0 Å². The number of benzene rings is 1. The minimum absolute atomic E-state index is 0.0564. The number of hydrogen-bond donors (Lipinski definition) is 1. The molecule has 3 aromatic rings. The van der Waals surface area contributed by atoms with E-state index in [4.69, 9.17) is 4.74 Å². The topological polar surface area (TPSA) is 68.3 Å². The largest absolute Gasteiger partial charge is 0.495 e. The Bertz CT molecular complexity index is 957. The van der Waals surface area contributed by atoms with E-state index in [0.29, 0.717) is 10.2 Å². The Balaban J connectivity index is 1.96. The van der Waals surface area contributed by atoms with Gasteiger partial charge in [0.25, 0.3) is 10.0 Å². The number of anilines is 1. The first-order chi connectivity index (χ1) is 11.5. The lowest BCUT2D eigenvalue weighted by Gasteiger charge is -2.12. The van der Waals surface area contributed by atoms with E-state index in [-0.39, 0.29) is 10.6 Å². The molecule has 0 amide bonds. The highest BCUT2D eigenvalue weighted by atomic mass is 79.9. The van der Waals surface area contributed by atoms with E-state index in [1.165, 1.54) is 19.4 Å². The third-order valence-corrected chi connectivity index (χ3v) is 6.03. The maximum atomic E-state index is 12.7. The Morgan fingerprint density at radius 3 is 2.75 bits per heavy atom. The van der Waals surface area contributed by atoms with Crippen molar-refractivity contribution in [2.75, 3.05) is 11.8 Å². The van der Waals surface area contributed by atoms with Crippen molar-refractivity contribution in [2.45, 2.75) is 4.90 Å². The van der Waals surface area contributed by atoms with Crippen molar-refractivity contribution in [1.82, 2.24) is 4.98 Å². The lowest BCUT2D eigenvalue weighted by atomic mass is 10.2. The van der Waals surface area contributed by atoms with Crippen LogP contribution in [-0.4, -0.2) is 20.5 Å². The summed E-state index contributed by atoms with van der Waals surface area (Å²) < 4.78 is 33.7. The third-order valence-electron chi connectivity index (χ3n) is 3.21. The summed E-state index contributed by atoms with van der Waals surface area (Å²) in [4.78, 5) is 5.19. The Labute approximate surface area is 152 Å². The maximum Gasteiger partial charge on any atom is 0.265 e. The van der Waals surface area contributed by atoms with Gasteiger partial charge in [0, 0.05) is 21.1 Å². The maximum absolute atomic E-state index is 12.7. The second-order valence-electron chi connectivity index (χ2n) is 4.84. The third kappa shape index (κ3) is 3.61. The molecule has 2 aromatic heterocycles. The van der Waals surface area contributed by atoms with Crippen LogP contribution in [0, 0.1) is 0 Å². The molecule has 2 heterocycles. The molecule has 0 aliphatic rings. The van der Waals surface area contributed by atoms with Crippen LogP contribution in [0.3, 0.4) is 0 Å². The Kier molecular flexibility index (Phi) is 4.88. The molecule has 24 heavy (non-hydrogen) atoms. The van der Waals surface area contributed by atoms with Crippen LogP contribution in [0.15, 0.2) is 63.5 Å². The number of nitrogens with one attached hydrogen (secondary N) is 1. The zero-order valence-corrected chi connectivity index (χ0v) is 15.8. The number of rotatable bonds is 5. The van der Waals surface area contributed by atoms with Crippen LogP contribution >= 0.6 is 27.3 Å². The normalized spacial score (nSPS) is 11.2. The summed E-state index contributed by atoms with van der Waals surface area (Å²) in [6, 6.07) is 10.5. The molecule has 1 aromatic carbocycles. The second kappa shape index (κ2) is 6.92. The summed E-state index contributed by atoms with van der Waals surface area (Å²) in [5.41, 5.74) is 1.24. The van der Waals surface area contributed by atoms with Crippen LogP contribution in [0.5, 0.6) is 5.75 Å². The SMILES string of the molecule is COc1ccc(Br)cc1S(=O)(=O)Nc1cncc(-c2cccs2)c1. The van der Waals surface area contributed by atoms with Gasteiger partial charge < -0.3 is 4.74 Å². The van der Waals surface area contributed by atoms with Crippen molar-refractivity contribution < 1.29 is 13.2 Å². The van der Waals surface area contributed by atoms with Gasteiger partial charge in [-0.25, -0.2) is 8.42 Å². The quantitative estimate of drug-likeness (QED) is 0.659. The molecule has 124 valence electrons. The summed E-state index contributed by atoms with van der Waals surface area (Å²) in [6.07, 6.45) is 3.17. The number of ether oxygens (including phenoxy) is 1. The molecule has 0 aliphatic heterocycles. The monoisotopic (exact) mass is 424 g/mol. The molecule has 0 saturated heterocycles. The molecule has 0 fully saturated rings. The van der Waals surface area contributed by atoms with E-state index in [2.05, 4.69) is 25.6 Å². The highest BCUT2D eigenvalue weighted by Gasteiger charge is 2.20. The lowest BCUT2D eigenvalue weighted by molar-refractivity contribution is 0.403. The van der Waals surface area contributed by atoms with Crippen molar-refractivity contribution in [3.63, 3.8) is 0 Å². The molecule has 5 nitrogen and oxygen atoms in total. The molecule has 0 radical (unpaired) electrons. The fourth-order valence-electron chi connectivity index (χ4n) is 2.14. The van der Waals surface area contributed by atoms with Gasteiger partial charge in [-0.1, -0.05) is 22.0 Å². The van der Waals surface area contributed by atoms with Crippen molar-refractivity contribution in [2.24, 2.45) is 0 Å². The highest BCUT2D eigenvalue weighted by Crippen LogP contribution is 2.30. The number of sulfonamides is 1. The number of halogens is 1. The fraction of sp³-hybridized carbons (Fsp3) is 0.0625. The van der Waals surface area contributed by atoms with E-state index in [0.717, 1.165) is 10.4 Å². The molecule has 0 bridgehead atoms. The van der Waals surface area contributed by atoms with Gasteiger partial charge in [-0.15, -0.1) is 11.3 Å². The van der Waals surface area contributed by atoms with Gasteiger partial charge in [-0.3, -0.25) is 9.71 Å². The summed E-state index contributed by atoms with van der Waals surface area (Å²) in [5, 5.41) is 1.96. The standard InChI is InChI=1S/C16H13BrN2O3S2/c1-22-14-5-4-12(17)8-16(14)24(20,21)19-13-7-11(9-18-10-13)15-3-2-6-23-15/h2-10,19H,1H3. The minimum atomic E-state index is -3.81. The number of methoxy groups -OCH3 is 1. The first kappa shape index (κ1) is 16.9. The molecule has 1 N–H and O–H groups in total. The molecule has 0 atom stereocenters. The minimum Gasteiger partial charge on any atom is -0.495 e. The predicted molar refractivity (Wildman–Crippen MR) is 99.1 cm³/mol. The number of hydrogen-bond acceptors (Lipinski definition) is 5. The highest BCUT2D eigenvalue weighted by molar-refractivity contribution is 9.10. The molecular formula is C16H13BrN2O3S2. The van der Waals surface area contributed by atoms with Crippen molar-refractivity contribution in [1.29, 1.82) is 0 Å². The van der Waals surface area contributed by atoms with Gasteiger partial charge in [0.1, 0.15) is 10.6 Å². The van der Waals surface area contributed by atoms with Crippen LogP contribution in [0.1, 0.15) is 0 Å². The smallest absolute Gasteiger partial charge is 0.265 e. The molecule has 8 heteroatoms. The Morgan fingerprint density at radius 1 is 1.21 bits per heavy atom. The average Bonchev–Trinajstić information content (AvgIpc) is 3.09. The second-order valence-corrected chi connectivity index (χ2v) is 8.35. The first-order valence-corrected chi connectivity index (χ1v) is 10.0. The zero-order valence-electron chi connectivity index (χ0n) is 12.6. The van der Waals surface area contributed by atoms with Crippen molar-refractivity contribution in [3.05, 3.63) is 58.6 Å². The van der Waals surface area contributed by atoms with Gasteiger partial charge in [-0.2, -0.15) is 0 Å². The average molecular weight is 425 g/mol. The van der Waals surface area contributed by atoms with Gasteiger partial charge in [0.2, 0.25) is 0 Å². The fourth-order valence-corrected chi connectivity index (χ4v) is 4.60. The van der Waals surface area contributed by atoms with Gasteiger partial charge in [-0.05, 0) is 35.7 Å². The number of aromatic nitrogens is 1. The van der Waals surface area contributed by atoms with Gasteiger partial charge in [0.15, 0.2) is 0 Å². The van der Waals surface area contributed by atoms with E-state index >= 15 is 0 Å². The van der Waals surface area contributed by atoms with Crippen molar-refractivity contribution in [3.8, 4) is 16.2 Å². The van der Waals surface area contributed by atoms with Crippen LogP contribution in [-0.2, 0) is 10.0 Å². The summed E-state index contributed by atoms with van der Waals surface area (Å²) in [6.45, 7) is 0. The molecule has 0 saturated carbocycles. The number of nitrogens with zero attached hydrogens (tertiary/aromatic N) is 1. The van der Waals surface area contributed by atoms with Crippen molar-refractivity contribution >= 4 is 43.0 Å². The first-order valence-electron chi connectivity index (χ1n) is 6.85. The van der Waals surface area contributed by atoms with Crippen LogP contribution < -0.4 is 9.46 Å². The van der Waals surface area contributed by atoms with Gasteiger partial charge >= 0.3 is 0 Å². The lowest BCUT2D eigenvalue weighted by Crippen LogP contribution is -2.14. The Morgan fingerprint density at radius 2 is 2.04 bits per heavy atom. The van der Waals surface area contributed by atoms with Crippen LogP contribution in [0.25, 0.3) is 10.4 Å². The Hall–Kier alpha value is -1.90. The van der Waals surface area contributed by atoms with E-state index in [1.807, 2.05) is 17.5 Å². The van der Waals surface area contributed by atoms with E-state index in [1.54, 1.807) is 35.7 Å². The molecule has 0 unspecified atom stereocenters. The zero-order chi connectivity index (χ0) is 17.2. The number of thiophene rings is 1.